The predicted octanol–water partition coefficient (Wildman–Crippen LogP) is 3.11. The lowest BCUT2D eigenvalue weighted by Gasteiger charge is -2.08. The lowest BCUT2D eigenvalue weighted by molar-refractivity contribution is 0.0603. The van der Waals surface area contributed by atoms with Crippen LogP contribution >= 0.6 is 0 Å². The zero-order valence-corrected chi connectivity index (χ0v) is 14.2. The van der Waals surface area contributed by atoms with E-state index in [0.717, 1.165) is 0 Å². The summed E-state index contributed by atoms with van der Waals surface area (Å²) in [5.74, 6) is -0.596. The summed E-state index contributed by atoms with van der Waals surface area (Å²) < 4.78 is 31.7. The first-order valence-corrected chi connectivity index (χ1v) is 9.01. The summed E-state index contributed by atoms with van der Waals surface area (Å²) in [6, 6.07) is 14.0. The van der Waals surface area contributed by atoms with Gasteiger partial charge in [-0.1, -0.05) is 36.4 Å². The first kappa shape index (κ1) is 16.3. The van der Waals surface area contributed by atoms with Gasteiger partial charge in [-0.2, -0.15) is 0 Å². The van der Waals surface area contributed by atoms with Crippen LogP contribution in [0.5, 0.6) is 0 Å². The molecule has 3 aromatic rings. The molecule has 0 aliphatic rings. The summed E-state index contributed by atoms with van der Waals surface area (Å²) in [5.41, 5.74) is 2.26. The zero-order chi connectivity index (χ0) is 17.3. The number of methoxy groups -OCH3 is 1. The molecule has 0 aliphatic heterocycles. The van der Waals surface area contributed by atoms with Gasteiger partial charge < -0.3 is 4.74 Å². The highest BCUT2D eigenvalue weighted by Gasteiger charge is 2.21. The van der Waals surface area contributed by atoms with E-state index in [1.54, 1.807) is 55.6 Å². The maximum absolute atomic E-state index is 12.8. The second kappa shape index (κ2) is 6.13. The van der Waals surface area contributed by atoms with E-state index < -0.39 is 16.0 Å². The Morgan fingerprint density at radius 2 is 1.79 bits per heavy atom. The van der Waals surface area contributed by atoms with Gasteiger partial charge >= 0.3 is 5.97 Å². The molecule has 1 aromatic heterocycles. The molecule has 0 saturated carbocycles. The molecule has 6 heteroatoms. The zero-order valence-electron chi connectivity index (χ0n) is 13.4. The van der Waals surface area contributed by atoms with E-state index in [4.69, 9.17) is 4.74 Å². The van der Waals surface area contributed by atoms with Gasteiger partial charge in [0, 0.05) is 11.6 Å². The van der Waals surface area contributed by atoms with E-state index >= 15 is 0 Å². The van der Waals surface area contributed by atoms with Crippen molar-refractivity contribution in [2.45, 2.75) is 12.7 Å². The predicted molar refractivity (Wildman–Crippen MR) is 92.5 cm³/mol. The highest BCUT2D eigenvalue weighted by atomic mass is 32.2. The van der Waals surface area contributed by atoms with Gasteiger partial charge in [-0.3, -0.25) is 0 Å². The molecular formula is C18H17NO4S. The number of rotatable bonds is 4. The minimum Gasteiger partial charge on any atom is -0.465 e. The Bertz CT molecular complexity index is 1000. The van der Waals surface area contributed by atoms with Crippen LogP contribution in [-0.2, 0) is 20.5 Å². The van der Waals surface area contributed by atoms with Gasteiger partial charge in [0.25, 0.3) is 0 Å². The van der Waals surface area contributed by atoms with Crippen molar-refractivity contribution in [3.05, 3.63) is 71.4 Å². The summed E-state index contributed by atoms with van der Waals surface area (Å²) >= 11 is 0. The first-order chi connectivity index (χ1) is 11.4. The fourth-order valence-electron chi connectivity index (χ4n) is 2.81. The highest BCUT2D eigenvalue weighted by molar-refractivity contribution is 7.89. The van der Waals surface area contributed by atoms with E-state index in [2.05, 4.69) is 0 Å². The van der Waals surface area contributed by atoms with Gasteiger partial charge in [0.1, 0.15) is 0 Å². The number of fused-ring (bicyclic) bond motifs is 1. The van der Waals surface area contributed by atoms with E-state index in [9.17, 15) is 13.2 Å². The van der Waals surface area contributed by atoms with E-state index in [1.807, 2.05) is 6.07 Å². The van der Waals surface area contributed by atoms with Crippen LogP contribution < -0.4 is 0 Å². The van der Waals surface area contributed by atoms with Gasteiger partial charge in [-0.15, -0.1) is 0 Å². The number of aryl methyl sites for hydroxylation is 1. The monoisotopic (exact) mass is 343 g/mol. The second-order valence-corrected chi connectivity index (χ2v) is 7.39. The number of carbonyl (C=O) groups excluding carboxylic acids is 1. The van der Waals surface area contributed by atoms with Crippen molar-refractivity contribution < 1.29 is 17.9 Å². The summed E-state index contributed by atoms with van der Waals surface area (Å²) in [4.78, 5) is 11.9. The fraction of sp³-hybridized carbons (Fsp3) is 0.167. The average Bonchev–Trinajstić information content (AvgIpc) is 2.93. The van der Waals surface area contributed by atoms with Crippen molar-refractivity contribution in [1.82, 2.24) is 3.97 Å². The second-order valence-electron chi connectivity index (χ2n) is 5.54. The average molecular weight is 343 g/mol. The van der Waals surface area contributed by atoms with Gasteiger partial charge in [-0.05, 0) is 30.2 Å². The minimum absolute atomic E-state index is 0.112. The van der Waals surface area contributed by atoms with Crippen molar-refractivity contribution >= 4 is 26.9 Å². The number of esters is 1. The largest absolute Gasteiger partial charge is 0.465 e. The lowest BCUT2D eigenvalue weighted by atomic mass is 10.1. The lowest BCUT2D eigenvalue weighted by Crippen LogP contribution is -2.14. The Morgan fingerprint density at radius 1 is 1.08 bits per heavy atom. The molecule has 1 heterocycles. The summed E-state index contributed by atoms with van der Waals surface area (Å²) in [7, 11) is -2.30. The van der Waals surface area contributed by atoms with Crippen LogP contribution in [0.4, 0.5) is 0 Å². The van der Waals surface area contributed by atoms with Crippen molar-refractivity contribution in [2.24, 2.45) is 0 Å². The topological polar surface area (TPSA) is 65.4 Å². The third-order valence-electron chi connectivity index (χ3n) is 3.88. The molecule has 5 nitrogen and oxygen atoms in total. The Kier molecular flexibility index (Phi) is 4.15. The van der Waals surface area contributed by atoms with Crippen molar-refractivity contribution in [2.75, 3.05) is 7.11 Å². The van der Waals surface area contributed by atoms with Crippen LogP contribution in [0.2, 0.25) is 0 Å². The standard InChI is InChI=1S/C18H17NO4S/c1-13-11-19(24(21,22)12-14-7-4-3-5-8-14)16-10-6-9-15(17(13)16)18(20)23-2/h3-11H,12H2,1-2H3. The van der Waals surface area contributed by atoms with Gasteiger partial charge in [0.15, 0.2) is 0 Å². The van der Waals surface area contributed by atoms with Gasteiger partial charge in [-0.25, -0.2) is 17.2 Å². The molecule has 0 radical (unpaired) electrons. The molecular weight excluding hydrogens is 326 g/mol. The molecule has 24 heavy (non-hydrogen) atoms. The maximum Gasteiger partial charge on any atom is 0.338 e. The fourth-order valence-corrected chi connectivity index (χ4v) is 4.34. The van der Waals surface area contributed by atoms with Crippen LogP contribution in [0.15, 0.2) is 54.7 Å². The molecule has 0 atom stereocenters. The maximum atomic E-state index is 12.8. The van der Waals surface area contributed by atoms with E-state index in [-0.39, 0.29) is 5.75 Å². The van der Waals surface area contributed by atoms with Crippen molar-refractivity contribution in [1.29, 1.82) is 0 Å². The molecule has 0 N–H and O–H groups in total. The van der Waals surface area contributed by atoms with Crippen LogP contribution in [0.3, 0.4) is 0 Å². The van der Waals surface area contributed by atoms with Crippen molar-refractivity contribution in [3.63, 3.8) is 0 Å². The number of aromatic nitrogens is 1. The van der Waals surface area contributed by atoms with E-state index in [0.29, 0.717) is 27.6 Å². The van der Waals surface area contributed by atoms with Crippen LogP contribution in [0, 0.1) is 6.92 Å². The minimum atomic E-state index is -3.60. The van der Waals surface area contributed by atoms with E-state index in [1.165, 1.54) is 11.1 Å². The summed E-state index contributed by atoms with van der Waals surface area (Å²) in [5, 5.41) is 0.598. The number of benzene rings is 2. The molecule has 0 bridgehead atoms. The van der Waals surface area contributed by atoms with Crippen LogP contribution in [0.25, 0.3) is 10.9 Å². The molecule has 124 valence electrons. The van der Waals surface area contributed by atoms with Crippen molar-refractivity contribution in [3.8, 4) is 0 Å². The van der Waals surface area contributed by atoms with Crippen LogP contribution in [-0.4, -0.2) is 25.5 Å². The summed E-state index contributed by atoms with van der Waals surface area (Å²) in [6.45, 7) is 1.78. The normalized spacial score (nSPS) is 11.6. The molecule has 0 fully saturated rings. The number of hydrogen-bond donors (Lipinski definition) is 0. The Morgan fingerprint density at radius 3 is 2.46 bits per heavy atom. The third-order valence-corrected chi connectivity index (χ3v) is 5.48. The van der Waals surface area contributed by atoms with Gasteiger partial charge in [0.2, 0.25) is 10.0 Å². The SMILES string of the molecule is COC(=O)c1cccc2c1c(C)cn2S(=O)(=O)Cc1ccccc1. The highest BCUT2D eigenvalue weighted by Crippen LogP contribution is 2.27. The van der Waals surface area contributed by atoms with Gasteiger partial charge in [0.05, 0.1) is 23.9 Å². The van der Waals surface area contributed by atoms with Crippen LogP contribution in [0.1, 0.15) is 21.5 Å². The third kappa shape index (κ3) is 2.80. The molecule has 3 rings (SSSR count). The molecule has 0 unspecified atom stereocenters. The molecule has 0 aliphatic carbocycles. The number of ether oxygens (including phenoxy) is 1. The Hall–Kier alpha value is -2.60. The first-order valence-electron chi connectivity index (χ1n) is 7.40. The molecule has 0 saturated heterocycles. The molecule has 2 aromatic carbocycles. The number of carbonyl (C=O) groups is 1. The molecule has 0 amide bonds. The molecule has 0 spiro atoms. The quantitative estimate of drug-likeness (QED) is 0.683. The smallest absolute Gasteiger partial charge is 0.338 e. The summed E-state index contributed by atoms with van der Waals surface area (Å²) in [6.07, 6.45) is 1.55. The number of nitrogens with zero attached hydrogens (tertiary/aromatic N) is 1. The number of hydrogen-bond acceptors (Lipinski definition) is 4. The Balaban J connectivity index is 2.15. The Labute approximate surface area is 140 Å².